The maximum atomic E-state index is 12.7. The first-order chi connectivity index (χ1) is 15.0. The van der Waals surface area contributed by atoms with Gasteiger partial charge in [-0.1, -0.05) is 64.5 Å². The summed E-state index contributed by atoms with van der Waals surface area (Å²) in [4.78, 5) is 14.5. The van der Waals surface area contributed by atoms with Gasteiger partial charge in [-0.05, 0) is 48.2 Å². The maximum absolute atomic E-state index is 12.7. The number of ether oxygens (including phenoxy) is 1. The number of carbonyl (C=O) groups excluding carboxylic acids is 1. The van der Waals surface area contributed by atoms with Crippen LogP contribution >= 0.6 is 15.9 Å². The van der Waals surface area contributed by atoms with Crippen molar-refractivity contribution in [2.75, 3.05) is 18.4 Å². The van der Waals surface area contributed by atoms with Gasteiger partial charge in [0.1, 0.15) is 12.4 Å². The molecule has 0 aromatic heterocycles. The van der Waals surface area contributed by atoms with Gasteiger partial charge in [0.25, 0.3) is 0 Å². The SMILES string of the molecule is O=C(Nc1cccc(OCc2ccccc2)c1)N1CCC(O)(c2ccc(Br)cc2)CC1. The molecule has 0 spiro atoms. The molecule has 3 aromatic carbocycles. The van der Waals surface area contributed by atoms with Crippen molar-refractivity contribution in [3.63, 3.8) is 0 Å². The quantitative estimate of drug-likeness (QED) is 0.503. The number of carbonyl (C=O) groups is 1. The topological polar surface area (TPSA) is 61.8 Å². The number of amides is 2. The third-order valence-corrected chi connectivity index (χ3v) is 6.12. The zero-order valence-corrected chi connectivity index (χ0v) is 18.7. The first kappa shape index (κ1) is 21.4. The van der Waals surface area contributed by atoms with Crippen LogP contribution in [0.2, 0.25) is 0 Å². The Morgan fingerprint density at radius 1 is 1.00 bits per heavy atom. The number of nitrogens with zero attached hydrogens (tertiary/aromatic N) is 1. The van der Waals surface area contributed by atoms with Crippen molar-refractivity contribution >= 4 is 27.6 Å². The highest BCUT2D eigenvalue weighted by atomic mass is 79.9. The molecular weight excluding hydrogens is 456 g/mol. The largest absolute Gasteiger partial charge is 0.489 e. The Morgan fingerprint density at radius 3 is 2.42 bits per heavy atom. The molecule has 2 N–H and O–H groups in total. The molecule has 3 aromatic rings. The van der Waals surface area contributed by atoms with Crippen LogP contribution in [-0.2, 0) is 12.2 Å². The van der Waals surface area contributed by atoms with Crippen LogP contribution in [-0.4, -0.2) is 29.1 Å². The standard InChI is InChI=1S/C25H25BrN2O3/c26-21-11-9-20(10-12-21)25(30)13-15-28(16-14-25)24(29)27-22-7-4-8-23(17-22)31-18-19-5-2-1-3-6-19/h1-12,17,30H,13-16,18H2,(H,27,29). The Morgan fingerprint density at radius 2 is 1.71 bits per heavy atom. The summed E-state index contributed by atoms with van der Waals surface area (Å²) in [5, 5.41) is 14.0. The van der Waals surface area contributed by atoms with E-state index in [1.165, 1.54) is 0 Å². The Hall–Kier alpha value is -2.83. The molecule has 1 aliphatic heterocycles. The van der Waals surface area contributed by atoms with Crippen molar-refractivity contribution in [1.82, 2.24) is 4.90 Å². The van der Waals surface area contributed by atoms with E-state index in [0.29, 0.717) is 44.0 Å². The van der Waals surface area contributed by atoms with Gasteiger partial charge in [-0.15, -0.1) is 0 Å². The smallest absolute Gasteiger partial charge is 0.321 e. The number of piperidine rings is 1. The fourth-order valence-corrected chi connectivity index (χ4v) is 4.00. The van der Waals surface area contributed by atoms with Crippen molar-refractivity contribution in [1.29, 1.82) is 0 Å². The lowest BCUT2D eigenvalue weighted by molar-refractivity contribution is -0.0157. The summed E-state index contributed by atoms with van der Waals surface area (Å²) in [6, 6.07) is 24.9. The molecule has 1 fully saturated rings. The molecule has 1 saturated heterocycles. The van der Waals surface area contributed by atoms with E-state index < -0.39 is 5.60 Å². The van der Waals surface area contributed by atoms with E-state index in [1.54, 1.807) is 4.90 Å². The molecular formula is C25H25BrN2O3. The molecule has 1 aliphatic rings. The second kappa shape index (κ2) is 9.54. The lowest BCUT2D eigenvalue weighted by Crippen LogP contribution is -2.46. The number of likely N-dealkylation sites (tertiary alicyclic amines) is 1. The number of anilines is 1. The minimum atomic E-state index is -0.900. The Balaban J connectivity index is 1.32. The zero-order chi connectivity index (χ0) is 21.7. The van der Waals surface area contributed by atoms with Gasteiger partial charge in [-0.25, -0.2) is 4.79 Å². The number of hydrogen-bond donors (Lipinski definition) is 2. The Kier molecular flexibility index (Phi) is 6.59. The van der Waals surface area contributed by atoms with Crippen molar-refractivity contribution < 1.29 is 14.6 Å². The first-order valence-corrected chi connectivity index (χ1v) is 11.1. The third kappa shape index (κ3) is 5.46. The summed E-state index contributed by atoms with van der Waals surface area (Å²) < 4.78 is 6.82. The van der Waals surface area contributed by atoms with Crippen molar-refractivity contribution in [2.45, 2.75) is 25.0 Å². The molecule has 0 unspecified atom stereocenters. The van der Waals surface area contributed by atoms with Crippen LogP contribution in [0.25, 0.3) is 0 Å². The van der Waals surface area contributed by atoms with E-state index in [-0.39, 0.29) is 6.03 Å². The minimum absolute atomic E-state index is 0.168. The number of aliphatic hydroxyl groups is 1. The van der Waals surface area contributed by atoms with Gasteiger partial charge in [0.15, 0.2) is 0 Å². The van der Waals surface area contributed by atoms with Gasteiger partial charge in [0.2, 0.25) is 0 Å². The van der Waals surface area contributed by atoms with Crippen LogP contribution in [0.1, 0.15) is 24.0 Å². The highest BCUT2D eigenvalue weighted by molar-refractivity contribution is 9.10. The average molecular weight is 481 g/mol. The molecule has 0 atom stereocenters. The molecule has 31 heavy (non-hydrogen) atoms. The average Bonchev–Trinajstić information content (AvgIpc) is 2.79. The molecule has 0 bridgehead atoms. The van der Waals surface area contributed by atoms with Gasteiger partial charge >= 0.3 is 6.03 Å². The van der Waals surface area contributed by atoms with Crippen LogP contribution in [0.5, 0.6) is 5.75 Å². The van der Waals surface area contributed by atoms with Gasteiger partial charge in [0, 0.05) is 29.3 Å². The van der Waals surface area contributed by atoms with E-state index >= 15 is 0 Å². The predicted molar refractivity (Wildman–Crippen MR) is 125 cm³/mol. The van der Waals surface area contributed by atoms with Crippen LogP contribution in [0.4, 0.5) is 10.5 Å². The van der Waals surface area contributed by atoms with E-state index in [2.05, 4.69) is 21.2 Å². The van der Waals surface area contributed by atoms with E-state index in [1.807, 2.05) is 78.9 Å². The number of benzene rings is 3. The van der Waals surface area contributed by atoms with Crippen LogP contribution in [0.15, 0.2) is 83.3 Å². The molecule has 4 rings (SSSR count). The molecule has 5 nitrogen and oxygen atoms in total. The van der Waals surface area contributed by atoms with Gasteiger partial charge in [-0.2, -0.15) is 0 Å². The fraction of sp³-hybridized carbons (Fsp3) is 0.240. The van der Waals surface area contributed by atoms with Crippen molar-refractivity contribution in [2.24, 2.45) is 0 Å². The van der Waals surface area contributed by atoms with Gasteiger partial charge in [0.05, 0.1) is 5.60 Å². The van der Waals surface area contributed by atoms with Crippen molar-refractivity contribution in [3.05, 3.63) is 94.5 Å². The normalized spacial score (nSPS) is 15.4. The Labute approximate surface area is 190 Å². The predicted octanol–water partition coefficient (Wildman–Crippen LogP) is 5.54. The first-order valence-electron chi connectivity index (χ1n) is 10.3. The Bertz CT molecular complexity index is 1020. The number of nitrogens with one attached hydrogen (secondary N) is 1. The van der Waals surface area contributed by atoms with Crippen LogP contribution in [0, 0.1) is 0 Å². The van der Waals surface area contributed by atoms with Gasteiger partial charge < -0.3 is 20.1 Å². The third-order valence-electron chi connectivity index (χ3n) is 5.59. The number of urea groups is 1. The maximum Gasteiger partial charge on any atom is 0.321 e. The molecule has 6 heteroatoms. The van der Waals surface area contributed by atoms with E-state index in [0.717, 1.165) is 15.6 Å². The molecule has 0 aliphatic carbocycles. The summed E-state index contributed by atoms with van der Waals surface area (Å²) in [6.45, 7) is 1.45. The van der Waals surface area contributed by atoms with Crippen LogP contribution in [0.3, 0.4) is 0 Å². The summed E-state index contributed by atoms with van der Waals surface area (Å²) in [7, 11) is 0. The highest BCUT2D eigenvalue weighted by Gasteiger charge is 2.35. The summed E-state index contributed by atoms with van der Waals surface area (Å²) in [6.07, 6.45) is 1.00. The molecule has 160 valence electrons. The van der Waals surface area contributed by atoms with Crippen LogP contribution < -0.4 is 10.1 Å². The number of rotatable bonds is 5. The second-order valence-corrected chi connectivity index (χ2v) is 8.67. The molecule has 1 heterocycles. The summed E-state index contributed by atoms with van der Waals surface area (Å²) >= 11 is 3.42. The summed E-state index contributed by atoms with van der Waals surface area (Å²) in [5.41, 5.74) is 1.76. The number of halogens is 1. The molecule has 0 radical (unpaired) electrons. The fourth-order valence-electron chi connectivity index (χ4n) is 3.74. The van der Waals surface area contributed by atoms with E-state index in [4.69, 9.17) is 4.74 Å². The monoisotopic (exact) mass is 480 g/mol. The van der Waals surface area contributed by atoms with Gasteiger partial charge in [-0.3, -0.25) is 0 Å². The van der Waals surface area contributed by atoms with E-state index in [9.17, 15) is 9.90 Å². The highest BCUT2D eigenvalue weighted by Crippen LogP contribution is 2.33. The minimum Gasteiger partial charge on any atom is -0.489 e. The lowest BCUT2D eigenvalue weighted by atomic mass is 9.84. The summed E-state index contributed by atoms with van der Waals surface area (Å²) in [5.74, 6) is 0.699. The van der Waals surface area contributed by atoms with Crippen molar-refractivity contribution in [3.8, 4) is 5.75 Å². The number of hydrogen-bond acceptors (Lipinski definition) is 3. The lowest BCUT2D eigenvalue weighted by Gasteiger charge is -2.38. The second-order valence-electron chi connectivity index (χ2n) is 7.76. The zero-order valence-electron chi connectivity index (χ0n) is 17.1. The molecule has 2 amide bonds. The molecule has 0 saturated carbocycles.